The lowest BCUT2D eigenvalue weighted by molar-refractivity contribution is -0.274. The Bertz CT molecular complexity index is 1470. The highest BCUT2D eigenvalue weighted by molar-refractivity contribution is 5.94. The minimum absolute atomic E-state index is 0.164. The van der Waals surface area contributed by atoms with E-state index < -0.39 is 6.36 Å². The van der Waals surface area contributed by atoms with Gasteiger partial charge in [-0.2, -0.15) is 10.3 Å². The Balaban J connectivity index is 1.35. The maximum absolute atomic E-state index is 12.6. The second-order valence-corrected chi connectivity index (χ2v) is 11.8. The number of nitrogens with zero attached hydrogens (tertiary/aromatic N) is 5. The summed E-state index contributed by atoms with van der Waals surface area (Å²) in [6.45, 7) is 7.54. The van der Waals surface area contributed by atoms with E-state index >= 15 is 0 Å². The number of H-pyrrole nitrogens is 1. The molecule has 1 fully saturated rings. The van der Waals surface area contributed by atoms with E-state index in [1.165, 1.54) is 12.1 Å². The Morgan fingerprint density at radius 3 is 2.31 bits per heavy atom. The van der Waals surface area contributed by atoms with E-state index in [2.05, 4.69) is 57.5 Å². The number of benzene rings is 2. The van der Waals surface area contributed by atoms with Crippen molar-refractivity contribution in [1.29, 1.82) is 0 Å². The Hall–Kier alpha value is -4.22. The summed E-state index contributed by atoms with van der Waals surface area (Å²) < 4.78 is 43.9. The Morgan fingerprint density at radius 1 is 1.02 bits per heavy atom. The standard InChI is InChI=1S/C30H34F3N7O2/c1-29(2,3)23-12-8-21(9-13-23)26-16-25(20-10-14-24(15-11-20)42-30(31,32)33)37-40(26)18-19-4-6-22(7-5-19)28(41)34-17-27-35-38-39-36-27/h4-7,10-11,14-16,21,23H,8-9,12-13,17-18H2,1-3H3,(H,34,41)(H,35,36,38,39). The van der Waals surface area contributed by atoms with Crippen LogP contribution in [-0.4, -0.2) is 42.7 Å². The Labute approximate surface area is 241 Å². The monoisotopic (exact) mass is 581 g/mol. The van der Waals surface area contributed by atoms with Gasteiger partial charge in [-0.1, -0.05) is 38.1 Å². The highest BCUT2D eigenvalue weighted by Gasteiger charge is 2.32. The molecule has 0 spiro atoms. The molecule has 222 valence electrons. The molecule has 0 aliphatic heterocycles. The molecule has 2 heterocycles. The second kappa shape index (κ2) is 11.9. The number of ether oxygens (including phenoxy) is 1. The van der Waals surface area contributed by atoms with Gasteiger partial charge >= 0.3 is 6.36 Å². The molecule has 2 N–H and O–H groups in total. The van der Waals surface area contributed by atoms with Crippen molar-refractivity contribution in [1.82, 2.24) is 35.7 Å². The number of alkyl halides is 3. The van der Waals surface area contributed by atoms with Crippen LogP contribution in [0.1, 0.15) is 79.8 Å². The van der Waals surface area contributed by atoms with Gasteiger partial charge in [0.15, 0.2) is 5.82 Å². The third-order valence-corrected chi connectivity index (χ3v) is 7.91. The molecule has 2 aromatic heterocycles. The number of amides is 1. The predicted molar refractivity (Wildman–Crippen MR) is 149 cm³/mol. The van der Waals surface area contributed by atoms with Crippen LogP contribution in [0.15, 0.2) is 54.6 Å². The lowest BCUT2D eigenvalue weighted by Gasteiger charge is -2.37. The smallest absolute Gasteiger partial charge is 0.406 e. The van der Waals surface area contributed by atoms with Gasteiger partial charge in [0, 0.05) is 22.7 Å². The maximum Gasteiger partial charge on any atom is 0.573 e. The zero-order chi connectivity index (χ0) is 29.9. The molecule has 0 bridgehead atoms. The molecule has 5 rings (SSSR count). The van der Waals surface area contributed by atoms with Crippen LogP contribution in [0.25, 0.3) is 11.3 Å². The molecular weight excluding hydrogens is 547 g/mol. The van der Waals surface area contributed by atoms with Crippen LogP contribution in [0, 0.1) is 11.3 Å². The minimum Gasteiger partial charge on any atom is -0.406 e. The van der Waals surface area contributed by atoms with Crippen LogP contribution < -0.4 is 10.1 Å². The number of nitrogens with one attached hydrogen (secondary N) is 2. The average Bonchev–Trinajstić information content (AvgIpc) is 3.62. The zero-order valence-electron chi connectivity index (χ0n) is 23.8. The van der Waals surface area contributed by atoms with Crippen molar-refractivity contribution < 1.29 is 22.7 Å². The zero-order valence-corrected chi connectivity index (χ0v) is 23.8. The second-order valence-electron chi connectivity index (χ2n) is 11.8. The van der Waals surface area contributed by atoms with Crippen LogP contribution in [0.4, 0.5) is 13.2 Å². The number of hydrogen-bond donors (Lipinski definition) is 2. The van der Waals surface area contributed by atoms with E-state index in [1.54, 1.807) is 24.3 Å². The first-order chi connectivity index (χ1) is 19.9. The lowest BCUT2D eigenvalue weighted by atomic mass is 9.69. The quantitative estimate of drug-likeness (QED) is 0.254. The number of tetrazole rings is 1. The fourth-order valence-electron chi connectivity index (χ4n) is 5.56. The molecule has 9 nitrogen and oxygen atoms in total. The van der Waals surface area contributed by atoms with Gasteiger partial charge in [0.25, 0.3) is 5.91 Å². The molecule has 2 aromatic carbocycles. The first kappa shape index (κ1) is 29.3. The van der Waals surface area contributed by atoms with Gasteiger partial charge in [-0.15, -0.1) is 23.4 Å². The van der Waals surface area contributed by atoms with Crippen molar-refractivity contribution in [2.45, 2.75) is 71.8 Å². The van der Waals surface area contributed by atoms with Gasteiger partial charge in [0.2, 0.25) is 0 Å². The number of carbonyl (C=O) groups excluding carboxylic acids is 1. The molecule has 1 aliphatic rings. The number of aromatic amines is 1. The van der Waals surface area contributed by atoms with E-state index in [0.717, 1.165) is 36.9 Å². The number of rotatable bonds is 8. The van der Waals surface area contributed by atoms with E-state index in [9.17, 15) is 18.0 Å². The molecule has 0 radical (unpaired) electrons. The molecule has 4 aromatic rings. The van der Waals surface area contributed by atoms with Gasteiger partial charge in [0.05, 0.1) is 18.8 Å². The summed E-state index contributed by atoms with van der Waals surface area (Å²) in [4.78, 5) is 12.5. The third-order valence-electron chi connectivity index (χ3n) is 7.91. The largest absolute Gasteiger partial charge is 0.573 e. The topological polar surface area (TPSA) is 111 Å². The van der Waals surface area contributed by atoms with Crippen LogP contribution in [0.5, 0.6) is 5.75 Å². The molecule has 0 atom stereocenters. The predicted octanol–water partition coefficient (Wildman–Crippen LogP) is 6.26. The highest BCUT2D eigenvalue weighted by atomic mass is 19.4. The molecule has 42 heavy (non-hydrogen) atoms. The van der Waals surface area contributed by atoms with Gasteiger partial charge in [0.1, 0.15) is 5.75 Å². The first-order valence-corrected chi connectivity index (χ1v) is 14.0. The van der Waals surface area contributed by atoms with E-state index in [1.807, 2.05) is 16.8 Å². The minimum atomic E-state index is -4.74. The van der Waals surface area contributed by atoms with Crippen molar-refractivity contribution in [3.05, 3.63) is 77.2 Å². The normalized spacial score (nSPS) is 17.7. The first-order valence-electron chi connectivity index (χ1n) is 14.0. The lowest BCUT2D eigenvalue weighted by Crippen LogP contribution is -2.26. The summed E-state index contributed by atoms with van der Waals surface area (Å²) in [5, 5.41) is 21.1. The summed E-state index contributed by atoms with van der Waals surface area (Å²) in [5.74, 6) is 0.855. The van der Waals surface area contributed by atoms with Crippen molar-refractivity contribution in [3.8, 4) is 17.0 Å². The van der Waals surface area contributed by atoms with E-state index in [4.69, 9.17) is 5.10 Å². The van der Waals surface area contributed by atoms with Crippen LogP contribution in [0.3, 0.4) is 0 Å². The van der Waals surface area contributed by atoms with Crippen molar-refractivity contribution >= 4 is 5.91 Å². The van der Waals surface area contributed by atoms with E-state index in [-0.39, 0.29) is 23.6 Å². The van der Waals surface area contributed by atoms with Gasteiger partial charge in [-0.05, 0) is 85.0 Å². The summed E-state index contributed by atoms with van der Waals surface area (Å²) >= 11 is 0. The van der Waals surface area contributed by atoms with Crippen molar-refractivity contribution in [3.63, 3.8) is 0 Å². The maximum atomic E-state index is 12.6. The van der Waals surface area contributed by atoms with Gasteiger partial charge in [-0.3, -0.25) is 9.48 Å². The summed E-state index contributed by atoms with van der Waals surface area (Å²) in [7, 11) is 0. The number of aromatic nitrogens is 6. The Morgan fingerprint density at radius 2 is 1.71 bits per heavy atom. The molecule has 12 heteroatoms. The molecule has 1 saturated carbocycles. The SMILES string of the molecule is CC(C)(C)C1CCC(c2cc(-c3ccc(OC(F)(F)F)cc3)nn2Cc2ccc(C(=O)NCc3nn[nH]n3)cc2)CC1. The number of halogens is 3. The fraction of sp³-hybridized carbons (Fsp3) is 0.433. The van der Waals surface area contributed by atoms with Crippen LogP contribution in [-0.2, 0) is 13.1 Å². The van der Waals surface area contributed by atoms with E-state index in [0.29, 0.717) is 41.0 Å². The molecule has 0 unspecified atom stereocenters. The van der Waals surface area contributed by atoms with Crippen molar-refractivity contribution in [2.75, 3.05) is 0 Å². The summed E-state index contributed by atoms with van der Waals surface area (Å²) in [5.41, 5.74) is 4.24. The van der Waals surface area contributed by atoms with Crippen LogP contribution >= 0.6 is 0 Å². The fourth-order valence-corrected chi connectivity index (χ4v) is 5.56. The van der Waals surface area contributed by atoms with Gasteiger partial charge < -0.3 is 10.1 Å². The molecule has 0 saturated heterocycles. The van der Waals surface area contributed by atoms with Crippen LogP contribution in [0.2, 0.25) is 0 Å². The average molecular weight is 582 g/mol. The van der Waals surface area contributed by atoms with Gasteiger partial charge in [-0.25, -0.2) is 0 Å². The summed E-state index contributed by atoms with van der Waals surface area (Å²) in [6.07, 6.45) is -0.389. The molecule has 1 amide bonds. The molecular formula is C30H34F3N7O2. The molecule has 1 aliphatic carbocycles. The highest BCUT2D eigenvalue weighted by Crippen LogP contribution is 2.44. The third kappa shape index (κ3) is 7.34. The number of carbonyl (C=O) groups is 1. The summed E-state index contributed by atoms with van der Waals surface area (Å²) in [6, 6.07) is 15.2. The number of hydrogen-bond acceptors (Lipinski definition) is 6. The van der Waals surface area contributed by atoms with Crippen molar-refractivity contribution in [2.24, 2.45) is 11.3 Å². The Kier molecular flexibility index (Phi) is 8.33.